The lowest BCUT2D eigenvalue weighted by Gasteiger charge is -2.13. The molecule has 0 amide bonds. The Kier molecular flexibility index (Phi) is 5.24. The molecule has 0 spiro atoms. The van der Waals surface area contributed by atoms with Crippen molar-refractivity contribution in [1.82, 2.24) is 15.1 Å². The van der Waals surface area contributed by atoms with Gasteiger partial charge in [0.15, 0.2) is 0 Å². The fraction of sp³-hybridized carbons (Fsp3) is 0.357. The zero-order valence-electron chi connectivity index (χ0n) is 11.0. The smallest absolute Gasteiger partial charge is 0.0877 e. The molecule has 0 bridgehead atoms. The third-order valence-electron chi connectivity index (χ3n) is 2.72. The molecule has 102 valence electrons. The van der Waals surface area contributed by atoms with Crippen molar-refractivity contribution in [1.29, 1.82) is 0 Å². The lowest BCUT2D eigenvalue weighted by molar-refractivity contribution is 0.551. The molecule has 1 aromatic heterocycles. The molecule has 0 saturated carbocycles. The SMILES string of the molecule is CC(C)CNCc1cccc(Cl)c1-n1cc(I)cn1. The van der Waals surface area contributed by atoms with Gasteiger partial charge in [-0.05, 0) is 46.7 Å². The highest BCUT2D eigenvalue weighted by Crippen LogP contribution is 2.24. The number of benzene rings is 1. The van der Waals surface area contributed by atoms with Crippen LogP contribution in [-0.4, -0.2) is 16.3 Å². The molecule has 0 radical (unpaired) electrons. The number of nitrogens with zero attached hydrogens (tertiary/aromatic N) is 2. The predicted molar refractivity (Wildman–Crippen MR) is 87.8 cm³/mol. The van der Waals surface area contributed by atoms with Gasteiger partial charge in [-0.25, -0.2) is 4.68 Å². The predicted octanol–water partition coefficient (Wildman–Crippen LogP) is 3.88. The molecule has 0 fully saturated rings. The minimum atomic E-state index is 0.633. The lowest BCUT2D eigenvalue weighted by Crippen LogP contribution is -2.20. The van der Waals surface area contributed by atoms with E-state index in [2.05, 4.69) is 52.9 Å². The summed E-state index contributed by atoms with van der Waals surface area (Å²) in [7, 11) is 0. The quantitative estimate of drug-likeness (QED) is 0.787. The lowest BCUT2D eigenvalue weighted by atomic mass is 10.1. The summed E-state index contributed by atoms with van der Waals surface area (Å²) in [5.41, 5.74) is 2.12. The summed E-state index contributed by atoms with van der Waals surface area (Å²) in [5, 5.41) is 8.52. The Morgan fingerprint density at radius 1 is 1.42 bits per heavy atom. The van der Waals surface area contributed by atoms with Crippen molar-refractivity contribution >= 4 is 34.2 Å². The van der Waals surface area contributed by atoms with Crippen molar-refractivity contribution < 1.29 is 0 Å². The van der Waals surface area contributed by atoms with Crippen LogP contribution in [0.4, 0.5) is 0 Å². The van der Waals surface area contributed by atoms with Crippen molar-refractivity contribution in [2.75, 3.05) is 6.54 Å². The van der Waals surface area contributed by atoms with E-state index < -0.39 is 0 Å². The Balaban J connectivity index is 2.26. The molecule has 2 aromatic rings. The fourth-order valence-corrected chi connectivity index (χ4v) is 2.55. The van der Waals surface area contributed by atoms with Crippen LogP contribution in [0.25, 0.3) is 5.69 Å². The van der Waals surface area contributed by atoms with Crippen LogP contribution < -0.4 is 5.32 Å². The molecule has 2 rings (SSSR count). The molecule has 5 heteroatoms. The first-order chi connectivity index (χ1) is 9.08. The molecular weight excluding hydrogens is 373 g/mol. The second-order valence-electron chi connectivity index (χ2n) is 4.88. The van der Waals surface area contributed by atoms with E-state index in [-0.39, 0.29) is 0 Å². The van der Waals surface area contributed by atoms with Gasteiger partial charge < -0.3 is 5.32 Å². The summed E-state index contributed by atoms with van der Waals surface area (Å²) in [6, 6.07) is 5.97. The van der Waals surface area contributed by atoms with Crippen LogP contribution >= 0.6 is 34.2 Å². The molecule has 0 saturated heterocycles. The number of aromatic nitrogens is 2. The first-order valence-corrected chi connectivity index (χ1v) is 7.72. The van der Waals surface area contributed by atoms with Gasteiger partial charge in [-0.2, -0.15) is 5.10 Å². The van der Waals surface area contributed by atoms with E-state index in [1.165, 1.54) is 0 Å². The number of hydrogen-bond acceptors (Lipinski definition) is 2. The summed E-state index contributed by atoms with van der Waals surface area (Å²) in [4.78, 5) is 0. The second kappa shape index (κ2) is 6.72. The Morgan fingerprint density at radius 3 is 2.84 bits per heavy atom. The largest absolute Gasteiger partial charge is 0.312 e. The zero-order chi connectivity index (χ0) is 13.8. The van der Waals surface area contributed by atoms with Crippen LogP contribution in [0.2, 0.25) is 5.02 Å². The molecule has 1 aromatic carbocycles. The Bertz CT molecular complexity index is 551. The molecule has 0 atom stereocenters. The summed E-state index contributed by atoms with van der Waals surface area (Å²) in [6.07, 6.45) is 3.81. The normalized spacial score (nSPS) is 11.2. The molecule has 1 heterocycles. The minimum Gasteiger partial charge on any atom is -0.312 e. The molecule has 0 aliphatic heterocycles. The van der Waals surface area contributed by atoms with Gasteiger partial charge in [-0.1, -0.05) is 37.6 Å². The van der Waals surface area contributed by atoms with E-state index in [4.69, 9.17) is 11.6 Å². The summed E-state index contributed by atoms with van der Waals surface area (Å²) in [6.45, 7) is 6.18. The third-order valence-corrected chi connectivity index (χ3v) is 3.58. The van der Waals surface area contributed by atoms with Gasteiger partial charge in [0.1, 0.15) is 0 Å². The van der Waals surface area contributed by atoms with E-state index in [9.17, 15) is 0 Å². The van der Waals surface area contributed by atoms with Crippen LogP contribution in [0.15, 0.2) is 30.6 Å². The first-order valence-electron chi connectivity index (χ1n) is 6.26. The maximum absolute atomic E-state index is 6.32. The Labute approximate surface area is 132 Å². The topological polar surface area (TPSA) is 29.9 Å². The molecule has 3 nitrogen and oxygen atoms in total. The van der Waals surface area contributed by atoms with Crippen LogP contribution in [0, 0.1) is 9.49 Å². The molecule has 0 aliphatic rings. The van der Waals surface area contributed by atoms with Crippen LogP contribution in [0.1, 0.15) is 19.4 Å². The summed E-state index contributed by atoms with van der Waals surface area (Å²) in [5.74, 6) is 0.633. The number of rotatable bonds is 5. The van der Waals surface area contributed by atoms with Crippen molar-refractivity contribution in [2.45, 2.75) is 20.4 Å². The average Bonchev–Trinajstić information content (AvgIpc) is 2.75. The number of hydrogen-bond donors (Lipinski definition) is 1. The van der Waals surface area contributed by atoms with E-state index in [0.717, 1.165) is 32.9 Å². The second-order valence-corrected chi connectivity index (χ2v) is 6.53. The minimum absolute atomic E-state index is 0.633. The molecule has 0 aliphatic carbocycles. The van der Waals surface area contributed by atoms with Gasteiger partial charge in [-0.15, -0.1) is 0 Å². The zero-order valence-corrected chi connectivity index (χ0v) is 13.9. The van der Waals surface area contributed by atoms with Crippen LogP contribution in [0.5, 0.6) is 0 Å². The average molecular weight is 390 g/mol. The fourth-order valence-electron chi connectivity index (χ4n) is 1.88. The van der Waals surface area contributed by atoms with E-state index in [0.29, 0.717) is 5.92 Å². The van der Waals surface area contributed by atoms with Gasteiger partial charge in [0.05, 0.1) is 20.5 Å². The molecule has 19 heavy (non-hydrogen) atoms. The van der Waals surface area contributed by atoms with Gasteiger partial charge in [0.2, 0.25) is 0 Å². The van der Waals surface area contributed by atoms with E-state index in [1.54, 1.807) is 0 Å². The number of halogens is 2. The number of nitrogens with one attached hydrogen (secondary N) is 1. The van der Waals surface area contributed by atoms with Crippen molar-refractivity contribution in [3.05, 3.63) is 44.7 Å². The first kappa shape index (κ1) is 14.8. The van der Waals surface area contributed by atoms with Gasteiger partial charge in [-0.3, -0.25) is 0 Å². The maximum atomic E-state index is 6.32. The number of para-hydroxylation sites is 1. The van der Waals surface area contributed by atoms with E-state index in [1.807, 2.05) is 29.2 Å². The highest BCUT2D eigenvalue weighted by atomic mass is 127. The maximum Gasteiger partial charge on any atom is 0.0877 e. The van der Waals surface area contributed by atoms with Crippen molar-refractivity contribution in [3.63, 3.8) is 0 Å². The monoisotopic (exact) mass is 389 g/mol. The Morgan fingerprint density at radius 2 is 2.21 bits per heavy atom. The van der Waals surface area contributed by atoms with Gasteiger partial charge >= 0.3 is 0 Å². The van der Waals surface area contributed by atoms with Crippen LogP contribution in [0.3, 0.4) is 0 Å². The molecule has 1 N–H and O–H groups in total. The highest BCUT2D eigenvalue weighted by Gasteiger charge is 2.10. The standard InChI is InChI=1S/C14H17ClIN3/c1-10(2)6-17-7-11-4-3-5-13(15)14(11)19-9-12(16)8-18-19/h3-5,8-10,17H,6-7H2,1-2H3. The van der Waals surface area contributed by atoms with Gasteiger partial charge in [0, 0.05) is 12.7 Å². The third kappa shape index (κ3) is 3.94. The summed E-state index contributed by atoms with van der Waals surface area (Å²) < 4.78 is 2.94. The van der Waals surface area contributed by atoms with Gasteiger partial charge in [0.25, 0.3) is 0 Å². The van der Waals surface area contributed by atoms with Crippen molar-refractivity contribution in [3.8, 4) is 5.69 Å². The van der Waals surface area contributed by atoms with Crippen LogP contribution in [-0.2, 0) is 6.54 Å². The van der Waals surface area contributed by atoms with Crippen molar-refractivity contribution in [2.24, 2.45) is 5.92 Å². The summed E-state index contributed by atoms with van der Waals surface area (Å²) >= 11 is 8.57. The highest BCUT2D eigenvalue weighted by molar-refractivity contribution is 14.1. The Hall–Kier alpha value is -0.590. The molecular formula is C14H17ClIN3. The molecule has 0 unspecified atom stereocenters. The van der Waals surface area contributed by atoms with E-state index >= 15 is 0 Å².